The number of hydrogen-bond acceptors (Lipinski definition) is 4. The summed E-state index contributed by atoms with van der Waals surface area (Å²) in [7, 11) is 3.82. The number of likely N-dealkylation sites (N-methyl/N-ethyl adjacent to an activating group) is 1. The van der Waals surface area contributed by atoms with Crippen LogP contribution in [0.25, 0.3) is 0 Å². The van der Waals surface area contributed by atoms with Crippen LogP contribution in [0.2, 0.25) is 5.02 Å². The van der Waals surface area contributed by atoms with Crippen LogP contribution in [0.1, 0.15) is 19.8 Å². The quantitative estimate of drug-likeness (QED) is 0.280. The predicted octanol–water partition coefficient (Wildman–Crippen LogP) is 3.59. The Morgan fingerprint density at radius 2 is 2.07 bits per heavy atom. The molecule has 1 heterocycles. The summed E-state index contributed by atoms with van der Waals surface area (Å²) >= 11 is 6.00. The number of benzene rings is 1. The number of nitrogens with one attached hydrogen (secondary N) is 1. The van der Waals surface area contributed by atoms with Crippen molar-refractivity contribution < 1.29 is 9.47 Å². The highest BCUT2D eigenvalue weighted by atomic mass is 127. The summed E-state index contributed by atoms with van der Waals surface area (Å²) in [6.07, 6.45) is 2.41. The highest BCUT2D eigenvalue weighted by Crippen LogP contribution is 2.18. The Labute approximate surface area is 198 Å². The third kappa shape index (κ3) is 10.2. The van der Waals surface area contributed by atoms with E-state index in [1.54, 1.807) is 7.11 Å². The van der Waals surface area contributed by atoms with E-state index in [1.807, 2.05) is 24.3 Å². The maximum Gasteiger partial charge on any atom is 0.193 e. The lowest BCUT2D eigenvalue weighted by Gasteiger charge is -2.31. The van der Waals surface area contributed by atoms with E-state index in [2.05, 4.69) is 29.1 Å². The number of ether oxygens (including phenoxy) is 2. The van der Waals surface area contributed by atoms with Crippen LogP contribution in [-0.4, -0.2) is 82.4 Å². The monoisotopic (exact) mass is 538 g/mol. The van der Waals surface area contributed by atoms with Crippen molar-refractivity contribution in [1.29, 1.82) is 0 Å². The van der Waals surface area contributed by atoms with Crippen molar-refractivity contribution in [1.82, 2.24) is 15.1 Å². The Morgan fingerprint density at radius 3 is 2.72 bits per heavy atom. The molecule has 0 saturated carbocycles. The number of piperidine rings is 1. The number of methoxy groups -OCH3 is 1. The summed E-state index contributed by atoms with van der Waals surface area (Å²) in [5, 5.41) is 4.08. The first-order valence-corrected chi connectivity index (χ1v) is 10.6. The molecular formula is C21H36ClIN4O2. The molecule has 0 unspecified atom stereocenters. The number of nitrogens with zero attached hydrogens (tertiary/aromatic N) is 3. The number of guanidine groups is 1. The van der Waals surface area contributed by atoms with Crippen molar-refractivity contribution in [2.45, 2.75) is 19.8 Å². The molecular weight excluding hydrogens is 503 g/mol. The van der Waals surface area contributed by atoms with Gasteiger partial charge in [0.15, 0.2) is 5.96 Å². The predicted molar refractivity (Wildman–Crippen MR) is 132 cm³/mol. The summed E-state index contributed by atoms with van der Waals surface area (Å²) in [6.45, 7) is 9.30. The van der Waals surface area contributed by atoms with Gasteiger partial charge in [0.25, 0.3) is 0 Å². The first-order valence-electron chi connectivity index (χ1n) is 10.2. The van der Waals surface area contributed by atoms with E-state index < -0.39 is 0 Å². The van der Waals surface area contributed by atoms with Crippen molar-refractivity contribution in [3.8, 4) is 5.75 Å². The average Bonchev–Trinajstić information content (AvgIpc) is 2.70. The molecule has 0 amide bonds. The first kappa shape index (κ1) is 26.3. The van der Waals surface area contributed by atoms with Crippen LogP contribution >= 0.6 is 35.6 Å². The Bertz CT molecular complexity index is 598. The Hall–Kier alpha value is -0.770. The minimum absolute atomic E-state index is 0. The zero-order valence-corrected chi connectivity index (χ0v) is 21.0. The molecule has 0 aromatic heterocycles. The standard InChI is InChI=1S/C21H35ClN4O2.HI/c1-4-23-21(24-17-18-8-10-26(11-9-18)13-14-27-3)25(2)12-15-28-20-7-5-6-19(22)16-20;/h5-7,16,18H,4,8-15,17H2,1-3H3,(H,23,24);1H. The van der Waals surface area contributed by atoms with Gasteiger partial charge in [-0.05, 0) is 57.0 Å². The van der Waals surface area contributed by atoms with Crippen LogP contribution in [-0.2, 0) is 4.74 Å². The van der Waals surface area contributed by atoms with Crippen molar-refractivity contribution in [3.63, 3.8) is 0 Å². The molecule has 2 rings (SSSR count). The molecule has 0 radical (unpaired) electrons. The second kappa shape index (κ2) is 15.1. The summed E-state index contributed by atoms with van der Waals surface area (Å²) in [6, 6.07) is 7.50. The van der Waals surface area contributed by atoms with Crippen molar-refractivity contribution in [3.05, 3.63) is 29.3 Å². The van der Waals surface area contributed by atoms with Gasteiger partial charge in [0.1, 0.15) is 12.4 Å². The number of hydrogen-bond donors (Lipinski definition) is 1. The van der Waals surface area contributed by atoms with E-state index in [4.69, 9.17) is 26.1 Å². The van der Waals surface area contributed by atoms with Gasteiger partial charge in [-0.2, -0.15) is 0 Å². The van der Waals surface area contributed by atoms with Crippen molar-refractivity contribution in [2.24, 2.45) is 10.9 Å². The Kier molecular flexibility index (Phi) is 13.7. The van der Waals surface area contributed by atoms with Crippen LogP contribution in [0.4, 0.5) is 0 Å². The van der Waals surface area contributed by atoms with Gasteiger partial charge in [-0.1, -0.05) is 17.7 Å². The second-order valence-corrected chi connectivity index (χ2v) is 7.64. The van der Waals surface area contributed by atoms with E-state index in [1.165, 1.54) is 12.8 Å². The van der Waals surface area contributed by atoms with Gasteiger partial charge in [0, 0.05) is 38.8 Å². The lowest BCUT2D eigenvalue weighted by molar-refractivity contribution is 0.121. The van der Waals surface area contributed by atoms with E-state index in [0.29, 0.717) is 17.5 Å². The fraction of sp³-hybridized carbons (Fsp3) is 0.667. The largest absolute Gasteiger partial charge is 0.492 e. The Balaban J connectivity index is 0.00000420. The fourth-order valence-electron chi connectivity index (χ4n) is 3.26. The van der Waals surface area contributed by atoms with E-state index in [-0.39, 0.29) is 24.0 Å². The highest BCUT2D eigenvalue weighted by Gasteiger charge is 2.19. The maximum absolute atomic E-state index is 6.00. The van der Waals surface area contributed by atoms with Gasteiger partial charge in [-0.3, -0.25) is 4.99 Å². The van der Waals surface area contributed by atoms with Crippen LogP contribution in [0, 0.1) is 5.92 Å². The Morgan fingerprint density at radius 1 is 1.31 bits per heavy atom. The van der Waals surface area contributed by atoms with Gasteiger partial charge in [-0.15, -0.1) is 24.0 Å². The number of halogens is 2. The number of likely N-dealkylation sites (tertiary alicyclic amines) is 1. The van der Waals surface area contributed by atoms with Gasteiger partial charge >= 0.3 is 0 Å². The molecule has 0 bridgehead atoms. The summed E-state index contributed by atoms with van der Waals surface area (Å²) < 4.78 is 11.0. The molecule has 1 aromatic carbocycles. The lowest BCUT2D eigenvalue weighted by atomic mass is 9.97. The minimum atomic E-state index is 0. The van der Waals surface area contributed by atoms with Gasteiger partial charge < -0.3 is 24.6 Å². The highest BCUT2D eigenvalue weighted by molar-refractivity contribution is 14.0. The van der Waals surface area contributed by atoms with Crippen molar-refractivity contribution >= 4 is 41.5 Å². The molecule has 8 heteroatoms. The first-order chi connectivity index (χ1) is 13.6. The van der Waals surface area contributed by atoms with Crippen LogP contribution < -0.4 is 10.1 Å². The fourth-order valence-corrected chi connectivity index (χ4v) is 3.44. The van der Waals surface area contributed by atoms with Crippen LogP contribution in [0.5, 0.6) is 5.75 Å². The third-order valence-electron chi connectivity index (χ3n) is 5.01. The lowest BCUT2D eigenvalue weighted by Crippen LogP contribution is -2.41. The molecule has 29 heavy (non-hydrogen) atoms. The molecule has 1 fully saturated rings. The maximum atomic E-state index is 6.00. The smallest absolute Gasteiger partial charge is 0.193 e. The number of rotatable bonds is 10. The van der Waals surface area contributed by atoms with Crippen LogP contribution in [0.3, 0.4) is 0 Å². The SMILES string of the molecule is CCNC(=NCC1CCN(CCOC)CC1)N(C)CCOc1cccc(Cl)c1.I. The normalized spacial score (nSPS) is 15.7. The van der Waals surface area contributed by atoms with Gasteiger partial charge in [-0.25, -0.2) is 0 Å². The molecule has 1 aliphatic heterocycles. The van der Waals surface area contributed by atoms with Gasteiger partial charge in [0.2, 0.25) is 0 Å². The van der Waals surface area contributed by atoms with E-state index >= 15 is 0 Å². The molecule has 0 aliphatic carbocycles. The molecule has 0 atom stereocenters. The molecule has 1 aromatic rings. The number of aliphatic imine (C=N–C) groups is 1. The second-order valence-electron chi connectivity index (χ2n) is 7.20. The zero-order chi connectivity index (χ0) is 20.2. The summed E-state index contributed by atoms with van der Waals surface area (Å²) in [4.78, 5) is 9.48. The average molecular weight is 539 g/mol. The molecule has 1 saturated heterocycles. The molecule has 166 valence electrons. The molecule has 0 spiro atoms. The molecule has 1 N–H and O–H groups in total. The van der Waals surface area contributed by atoms with E-state index in [9.17, 15) is 0 Å². The van der Waals surface area contributed by atoms with Crippen molar-refractivity contribution in [2.75, 3.05) is 66.6 Å². The topological polar surface area (TPSA) is 49.3 Å². The summed E-state index contributed by atoms with van der Waals surface area (Å²) in [5.41, 5.74) is 0. The zero-order valence-electron chi connectivity index (χ0n) is 17.9. The van der Waals surface area contributed by atoms with Gasteiger partial charge in [0.05, 0.1) is 13.2 Å². The molecule has 1 aliphatic rings. The third-order valence-corrected chi connectivity index (χ3v) is 5.24. The summed E-state index contributed by atoms with van der Waals surface area (Å²) in [5.74, 6) is 2.39. The molecule has 6 nitrogen and oxygen atoms in total. The van der Waals surface area contributed by atoms with E-state index in [0.717, 1.165) is 57.6 Å². The minimum Gasteiger partial charge on any atom is -0.492 e. The van der Waals surface area contributed by atoms with Crippen LogP contribution in [0.15, 0.2) is 29.3 Å².